The van der Waals surface area contributed by atoms with Crippen LogP contribution in [0.4, 0.5) is 0 Å². The smallest absolute Gasteiger partial charge is 0.0492 e. The van der Waals surface area contributed by atoms with Gasteiger partial charge in [-0.15, -0.1) is 0 Å². The van der Waals surface area contributed by atoms with Crippen molar-refractivity contribution in [3.63, 3.8) is 0 Å². The quantitative estimate of drug-likeness (QED) is 0.680. The van der Waals surface area contributed by atoms with Crippen LogP contribution in [0, 0.1) is 5.92 Å². The Balaban J connectivity index is 1.84. The molecule has 60 valence electrons. The van der Waals surface area contributed by atoms with Crippen LogP contribution in [-0.4, -0.2) is 28.2 Å². The highest BCUT2D eigenvalue weighted by Crippen LogP contribution is 2.16. The monoisotopic (exact) mass is 151 g/mol. The van der Waals surface area contributed by atoms with Gasteiger partial charge in [0, 0.05) is 31.5 Å². The van der Waals surface area contributed by atoms with Gasteiger partial charge in [0.1, 0.15) is 0 Å². The van der Waals surface area contributed by atoms with Crippen LogP contribution in [0.3, 0.4) is 0 Å². The first-order valence-corrected chi connectivity index (χ1v) is 4.05. The summed E-state index contributed by atoms with van der Waals surface area (Å²) in [6, 6.07) is 2.03. The van der Waals surface area contributed by atoms with Crippen LogP contribution in [0.2, 0.25) is 0 Å². The average molecular weight is 151 g/mol. The third-order valence-corrected chi connectivity index (χ3v) is 2.09. The summed E-state index contributed by atoms with van der Waals surface area (Å²) in [4.78, 5) is 2.41. The predicted molar refractivity (Wildman–Crippen MR) is 43.0 cm³/mol. The molecule has 0 bridgehead atoms. The van der Waals surface area contributed by atoms with Crippen molar-refractivity contribution in [2.24, 2.45) is 5.92 Å². The van der Waals surface area contributed by atoms with Crippen molar-refractivity contribution in [2.45, 2.75) is 13.5 Å². The third kappa shape index (κ3) is 1.43. The van der Waals surface area contributed by atoms with Crippen molar-refractivity contribution in [1.29, 1.82) is 0 Å². The minimum Gasteiger partial charge on any atom is -0.297 e. The molecular formula is C8H13N3. The first kappa shape index (κ1) is 6.85. The second-order valence-corrected chi connectivity index (χ2v) is 3.38. The van der Waals surface area contributed by atoms with Crippen molar-refractivity contribution < 1.29 is 0 Å². The van der Waals surface area contributed by atoms with Gasteiger partial charge < -0.3 is 0 Å². The maximum Gasteiger partial charge on any atom is 0.0492 e. The Bertz CT molecular complexity index is 211. The molecule has 0 unspecified atom stereocenters. The van der Waals surface area contributed by atoms with Crippen LogP contribution < -0.4 is 0 Å². The number of nitrogens with zero attached hydrogens (tertiary/aromatic N) is 2. The molecule has 0 atom stereocenters. The van der Waals surface area contributed by atoms with E-state index in [1.54, 1.807) is 6.20 Å². The fourth-order valence-electron chi connectivity index (χ4n) is 1.57. The Morgan fingerprint density at radius 1 is 1.73 bits per heavy atom. The van der Waals surface area contributed by atoms with E-state index < -0.39 is 0 Å². The molecule has 1 aliphatic rings. The molecule has 2 heterocycles. The molecule has 0 radical (unpaired) electrons. The average Bonchev–Trinajstić information content (AvgIpc) is 2.36. The van der Waals surface area contributed by atoms with Crippen LogP contribution in [0.25, 0.3) is 0 Å². The summed E-state index contributed by atoms with van der Waals surface area (Å²) >= 11 is 0. The second-order valence-electron chi connectivity index (χ2n) is 3.38. The Morgan fingerprint density at radius 3 is 3.09 bits per heavy atom. The molecule has 1 saturated heterocycles. The van der Waals surface area contributed by atoms with E-state index in [0.717, 1.165) is 12.5 Å². The molecule has 11 heavy (non-hydrogen) atoms. The number of H-pyrrole nitrogens is 1. The Hall–Kier alpha value is -0.830. The molecule has 0 aliphatic carbocycles. The predicted octanol–water partition coefficient (Wildman–Crippen LogP) is 0.861. The zero-order valence-corrected chi connectivity index (χ0v) is 6.75. The van der Waals surface area contributed by atoms with Crippen LogP contribution >= 0.6 is 0 Å². The molecule has 3 heteroatoms. The van der Waals surface area contributed by atoms with Crippen molar-refractivity contribution in [2.75, 3.05) is 13.1 Å². The van der Waals surface area contributed by atoms with Gasteiger partial charge in [-0.05, 0) is 12.0 Å². The number of rotatable bonds is 2. The molecule has 0 aromatic carbocycles. The largest absolute Gasteiger partial charge is 0.297 e. The van der Waals surface area contributed by atoms with E-state index >= 15 is 0 Å². The maximum atomic E-state index is 3.90. The van der Waals surface area contributed by atoms with Gasteiger partial charge in [-0.2, -0.15) is 5.10 Å². The summed E-state index contributed by atoms with van der Waals surface area (Å²) in [7, 11) is 0. The molecular weight excluding hydrogens is 138 g/mol. The number of aromatic nitrogens is 2. The van der Waals surface area contributed by atoms with Gasteiger partial charge in [0.05, 0.1) is 0 Å². The highest BCUT2D eigenvalue weighted by Gasteiger charge is 2.22. The highest BCUT2D eigenvalue weighted by atomic mass is 15.2. The van der Waals surface area contributed by atoms with Crippen molar-refractivity contribution in [3.05, 3.63) is 18.0 Å². The Kier molecular flexibility index (Phi) is 1.66. The zero-order chi connectivity index (χ0) is 7.68. The van der Waals surface area contributed by atoms with Gasteiger partial charge in [0.25, 0.3) is 0 Å². The van der Waals surface area contributed by atoms with Crippen LogP contribution in [-0.2, 0) is 6.54 Å². The molecule has 0 saturated carbocycles. The number of likely N-dealkylation sites (tertiary alicyclic amines) is 1. The van der Waals surface area contributed by atoms with Gasteiger partial charge in [-0.1, -0.05) is 6.92 Å². The van der Waals surface area contributed by atoms with Crippen LogP contribution in [0.5, 0.6) is 0 Å². The second kappa shape index (κ2) is 2.66. The lowest BCUT2D eigenvalue weighted by atomic mass is 10.0. The summed E-state index contributed by atoms with van der Waals surface area (Å²) in [6.45, 7) is 5.78. The SMILES string of the molecule is CC1CN(Cc2ccn[nH]2)C1. The Labute approximate surface area is 66.4 Å². The first-order chi connectivity index (χ1) is 5.34. The number of hydrogen-bond acceptors (Lipinski definition) is 2. The minimum atomic E-state index is 0.887. The summed E-state index contributed by atoms with van der Waals surface area (Å²) in [6.07, 6.45) is 1.80. The molecule has 0 amide bonds. The molecule has 1 aromatic heterocycles. The molecule has 2 rings (SSSR count). The molecule has 1 aromatic rings. The van der Waals surface area contributed by atoms with E-state index in [1.807, 2.05) is 6.07 Å². The number of nitrogens with one attached hydrogen (secondary N) is 1. The van der Waals surface area contributed by atoms with Gasteiger partial charge in [0.15, 0.2) is 0 Å². The van der Waals surface area contributed by atoms with Gasteiger partial charge in [0.2, 0.25) is 0 Å². The lowest BCUT2D eigenvalue weighted by molar-refractivity contribution is 0.103. The molecule has 1 fully saturated rings. The molecule has 0 spiro atoms. The minimum absolute atomic E-state index is 0.887. The van der Waals surface area contributed by atoms with Crippen LogP contribution in [0.1, 0.15) is 12.6 Å². The van der Waals surface area contributed by atoms with Gasteiger partial charge >= 0.3 is 0 Å². The molecule has 1 N–H and O–H groups in total. The van der Waals surface area contributed by atoms with E-state index in [4.69, 9.17) is 0 Å². The normalized spacial score (nSPS) is 20.1. The van der Waals surface area contributed by atoms with E-state index in [9.17, 15) is 0 Å². The van der Waals surface area contributed by atoms with E-state index in [1.165, 1.54) is 18.8 Å². The van der Waals surface area contributed by atoms with E-state index in [2.05, 4.69) is 22.0 Å². The lowest BCUT2D eigenvalue weighted by Crippen LogP contribution is -2.44. The summed E-state index contributed by atoms with van der Waals surface area (Å²) < 4.78 is 0. The standard InChI is InChI=1S/C8H13N3/c1-7-4-11(5-7)6-8-2-3-9-10-8/h2-3,7H,4-6H2,1H3,(H,9,10). The summed E-state index contributed by atoms with van der Waals surface area (Å²) in [5.41, 5.74) is 1.22. The van der Waals surface area contributed by atoms with Crippen molar-refractivity contribution in [1.82, 2.24) is 15.1 Å². The van der Waals surface area contributed by atoms with Gasteiger partial charge in [-0.25, -0.2) is 0 Å². The zero-order valence-electron chi connectivity index (χ0n) is 6.75. The summed E-state index contributed by atoms with van der Waals surface area (Å²) in [5, 5.41) is 6.86. The Morgan fingerprint density at radius 2 is 2.55 bits per heavy atom. The maximum absolute atomic E-state index is 3.90. The van der Waals surface area contributed by atoms with Crippen LogP contribution in [0.15, 0.2) is 12.3 Å². The van der Waals surface area contributed by atoms with Crippen molar-refractivity contribution >= 4 is 0 Å². The highest BCUT2D eigenvalue weighted by molar-refractivity contribution is 4.98. The fourth-order valence-corrected chi connectivity index (χ4v) is 1.57. The van der Waals surface area contributed by atoms with E-state index in [0.29, 0.717) is 0 Å². The molecule has 3 nitrogen and oxygen atoms in total. The van der Waals surface area contributed by atoms with E-state index in [-0.39, 0.29) is 0 Å². The number of aromatic amines is 1. The van der Waals surface area contributed by atoms with Crippen molar-refractivity contribution in [3.8, 4) is 0 Å². The first-order valence-electron chi connectivity index (χ1n) is 4.05. The van der Waals surface area contributed by atoms with Gasteiger partial charge in [-0.3, -0.25) is 10.00 Å². The third-order valence-electron chi connectivity index (χ3n) is 2.09. The number of hydrogen-bond donors (Lipinski definition) is 1. The lowest BCUT2D eigenvalue weighted by Gasteiger charge is -2.36. The fraction of sp³-hybridized carbons (Fsp3) is 0.625. The molecule has 1 aliphatic heterocycles. The summed E-state index contributed by atoms with van der Waals surface area (Å²) in [5.74, 6) is 0.887. The topological polar surface area (TPSA) is 31.9 Å².